The molecule has 2 aromatic heterocycles. The lowest BCUT2D eigenvalue weighted by atomic mass is 10.2. The van der Waals surface area contributed by atoms with Gasteiger partial charge in [-0.3, -0.25) is 4.57 Å². The summed E-state index contributed by atoms with van der Waals surface area (Å²) in [5, 5.41) is 9.31. The van der Waals surface area contributed by atoms with Gasteiger partial charge in [0, 0.05) is 10.7 Å². The summed E-state index contributed by atoms with van der Waals surface area (Å²) in [5.74, 6) is 0. The number of fused-ring (bicyclic) bond motifs is 1. The van der Waals surface area contributed by atoms with E-state index < -0.39 is 0 Å². The normalized spacial score (nSPS) is 10.7. The zero-order valence-corrected chi connectivity index (χ0v) is 12.9. The average molecular weight is 345 g/mol. The predicted octanol–water partition coefficient (Wildman–Crippen LogP) is 4.03. The van der Waals surface area contributed by atoms with Crippen molar-refractivity contribution in [2.75, 3.05) is 0 Å². The summed E-state index contributed by atoms with van der Waals surface area (Å²) in [7, 11) is 0. The number of hydrogen-bond donors (Lipinski definition) is 1. The molecule has 0 aliphatic carbocycles. The molecule has 3 aromatic rings. The molecule has 20 heavy (non-hydrogen) atoms. The van der Waals surface area contributed by atoms with Crippen LogP contribution < -0.4 is 0 Å². The quantitative estimate of drug-likeness (QED) is 0.678. The van der Waals surface area contributed by atoms with Crippen LogP contribution >= 0.6 is 28.1 Å². The van der Waals surface area contributed by atoms with Gasteiger partial charge in [0.25, 0.3) is 0 Å². The minimum atomic E-state index is 0.528. The van der Waals surface area contributed by atoms with Crippen LogP contribution in [0.5, 0.6) is 0 Å². The first-order valence-corrected chi connectivity index (χ1v) is 7.08. The van der Waals surface area contributed by atoms with Gasteiger partial charge >= 0.3 is 0 Å². The molecule has 0 unspecified atom stereocenters. The lowest BCUT2D eigenvalue weighted by molar-refractivity contribution is 1.04. The fraction of sp³-hybridized carbons (Fsp3) is 0.0714. The van der Waals surface area contributed by atoms with Crippen molar-refractivity contribution in [2.45, 2.75) is 6.92 Å². The third-order valence-electron chi connectivity index (χ3n) is 3.11. The second kappa shape index (κ2) is 4.85. The lowest BCUT2D eigenvalue weighted by Crippen LogP contribution is -1.99. The number of imidazole rings is 1. The first-order chi connectivity index (χ1) is 9.61. The minimum Gasteiger partial charge on any atom is -0.329 e. The number of aromatic amines is 1. The highest BCUT2D eigenvalue weighted by Crippen LogP contribution is 2.24. The van der Waals surface area contributed by atoms with Gasteiger partial charge in [-0.1, -0.05) is 15.9 Å². The molecule has 0 saturated heterocycles. The monoisotopic (exact) mass is 344 g/mol. The van der Waals surface area contributed by atoms with Gasteiger partial charge in [0.05, 0.1) is 16.8 Å². The third-order valence-corrected chi connectivity index (χ3v) is 3.88. The highest BCUT2D eigenvalue weighted by atomic mass is 79.9. The Morgan fingerprint density at radius 2 is 2.20 bits per heavy atom. The first-order valence-electron chi connectivity index (χ1n) is 5.88. The van der Waals surface area contributed by atoms with Crippen LogP contribution in [0.4, 0.5) is 0 Å². The highest BCUT2D eigenvalue weighted by Gasteiger charge is 2.12. The molecule has 0 aliphatic rings. The molecule has 0 fully saturated rings. The van der Waals surface area contributed by atoms with Crippen molar-refractivity contribution in [1.29, 1.82) is 5.26 Å². The first kappa shape index (κ1) is 13.0. The number of nitriles is 1. The van der Waals surface area contributed by atoms with Crippen molar-refractivity contribution in [3.8, 4) is 11.8 Å². The SMILES string of the molecule is Cc1ccnc2c1[nH]c(=S)n2-c1ccc(Br)cc1C#N. The topological polar surface area (TPSA) is 57.4 Å². The van der Waals surface area contributed by atoms with Crippen LogP contribution in [0, 0.1) is 23.0 Å². The lowest BCUT2D eigenvalue weighted by Gasteiger charge is -2.06. The van der Waals surface area contributed by atoms with E-state index in [0.29, 0.717) is 10.3 Å². The standard InChI is InChI=1S/C14H9BrN4S/c1-8-4-5-17-13-12(8)18-14(20)19(13)11-3-2-10(15)6-9(11)7-16/h2-6H,1H3,(H,18,20). The van der Waals surface area contributed by atoms with Gasteiger partial charge in [-0.15, -0.1) is 0 Å². The fourth-order valence-electron chi connectivity index (χ4n) is 2.14. The Balaban J connectivity index is 2.42. The fourth-order valence-corrected chi connectivity index (χ4v) is 2.79. The molecular weight excluding hydrogens is 336 g/mol. The largest absolute Gasteiger partial charge is 0.329 e. The maximum Gasteiger partial charge on any atom is 0.184 e. The molecule has 1 aromatic carbocycles. The van der Waals surface area contributed by atoms with Crippen molar-refractivity contribution in [3.63, 3.8) is 0 Å². The summed E-state index contributed by atoms with van der Waals surface area (Å²) in [6.45, 7) is 1.99. The molecule has 0 radical (unpaired) electrons. The molecule has 0 aliphatic heterocycles. The van der Waals surface area contributed by atoms with Crippen LogP contribution in [0.3, 0.4) is 0 Å². The van der Waals surface area contributed by atoms with E-state index in [1.165, 1.54) is 0 Å². The number of nitrogens with one attached hydrogen (secondary N) is 1. The Morgan fingerprint density at radius 3 is 2.95 bits per heavy atom. The number of pyridine rings is 1. The maximum atomic E-state index is 9.31. The van der Waals surface area contributed by atoms with E-state index in [1.807, 2.05) is 25.1 Å². The molecule has 3 rings (SSSR count). The van der Waals surface area contributed by atoms with E-state index >= 15 is 0 Å². The van der Waals surface area contributed by atoms with Gasteiger partial charge in [0.1, 0.15) is 6.07 Å². The average Bonchev–Trinajstić information content (AvgIpc) is 2.77. The van der Waals surface area contributed by atoms with Crippen LogP contribution in [0.15, 0.2) is 34.9 Å². The van der Waals surface area contributed by atoms with Gasteiger partial charge < -0.3 is 4.98 Å². The van der Waals surface area contributed by atoms with Gasteiger partial charge in [-0.05, 0) is 49.0 Å². The summed E-state index contributed by atoms with van der Waals surface area (Å²) in [6, 6.07) is 9.62. The number of H-pyrrole nitrogens is 1. The van der Waals surface area contributed by atoms with E-state index in [4.69, 9.17) is 12.2 Å². The molecule has 0 saturated carbocycles. The molecule has 0 bridgehead atoms. The van der Waals surface area contributed by atoms with E-state index in [0.717, 1.165) is 26.9 Å². The molecule has 98 valence electrons. The minimum absolute atomic E-state index is 0.528. The van der Waals surface area contributed by atoms with E-state index in [2.05, 4.69) is 32.0 Å². The van der Waals surface area contributed by atoms with Crippen LogP contribution in [0.25, 0.3) is 16.9 Å². The van der Waals surface area contributed by atoms with Gasteiger partial charge in [0.2, 0.25) is 0 Å². The summed E-state index contributed by atoms with van der Waals surface area (Å²) in [4.78, 5) is 7.53. The van der Waals surface area contributed by atoms with E-state index in [9.17, 15) is 5.26 Å². The number of halogens is 1. The molecule has 0 amide bonds. The van der Waals surface area contributed by atoms with E-state index in [-0.39, 0.29) is 0 Å². The Kier molecular flexibility index (Phi) is 3.16. The van der Waals surface area contributed by atoms with Gasteiger partial charge in [-0.25, -0.2) is 4.98 Å². The Labute approximate surface area is 128 Å². The van der Waals surface area contributed by atoms with Crippen molar-refractivity contribution in [2.24, 2.45) is 0 Å². The maximum absolute atomic E-state index is 9.31. The Hall–Kier alpha value is -1.97. The summed E-state index contributed by atoms with van der Waals surface area (Å²) < 4.78 is 3.18. The number of rotatable bonds is 1. The van der Waals surface area contributed by atoms with E-state index in [1.54, 1.807) is 16.8 Å². The molecule has 0 atom stereocenters. The smallest absolute Gasteiger partial charge is 0.184 e. The van der Waals surface area contributed by atoms with Crippen LogP contribution in [0.2, 0.25) is 0 Å². The molecule has 0 spiro atoms. The van der Waals surface area contributed by atoms with Crippen molar-refractivity contribution in [3.05, 3.63) is 50.8 Å². The van der Waals surface area contributed by atoms with Gasteiger partial charge in [-0.2, -0.15) is 5.26 Å². The molecule has 4 nitrogen and oxygen atoms in total. The molecule has 6 heteroatoms. The Morgan fingerprint density at radius 1 is 1.40 bits per heavy atom. The van der Waals surface area contributed by atoms with Crippen molar-refractivity contribution >= 4 is 39.3 Å². The van der Waals surface area contributed by atoms with Crippen LogP contribution in [-0.2, 0) is 0 Å². The highest BCUT2D eigenvalue weighted by molar-refractivity contribution is 9.10. The molecule has 2 heterocycles. The Bertz CT molecular complexity index is 917. The van der Waals surface area contributed by atoms with Crippen molar-refractivity contribution < 1.29 is 0 Å². The summed E-state index contributed by atoms with van der Waals surface area (Å²) >= 11 is 8.75. The third kappa shape index (κ3) is 1.96. The zero-order chi connectivity index (χ0) is 14.3. The van der Waals surface area contributed by atoms with Crippen LogP contribution in [0.1, 0.15) is 11.1 Å². The molecular formula is C14H9BrN4S. The number of hydrogen-bond acceptors (Lipinski definition) is 3. The second-order valence-electron chi connectivity index (χ2n) is 4.37. The number of aromatic nitrogens is 3. The number of benzene rings is 1. The van der Waals surface area contributed by atoms with Gasteiger partial charge in [0.15, 0.2) is 10.4 Å². The zero-order valence-electron chi connectivity index (χ0n) is 10.5. The predicted molar refractivity (Wildman–Crippen MR) is 83.4 cm³/mol. The van der Waals surface area contributed by atoms with Crippen LogP contribution in [-0.4, -0.2) is 14.5 Å². The summed E-state index contributed by atoms with van der Waals surface area (Å²) in [6.07, 6.45) is 1.74. The number of aryl methyl sites for hydroxylation is 1. The van der Waals surface area contributed by atoms with Crippen molar-refractivity contribution in [1.82, 2.24) is 14.5 Å². The second-order valence-corrected chi connectivity index (χ2v) is 5.67. The number of nitrogens with zero attached hydrogens (tertiary/aromatic N) is 3. The summed E-state index contributed by atoms with van der Waals surface area (Å²) in [5.41, 5.74) is 3.96. The molecule has 1 N–H and O–H groups in total.